The summed E-state index contributed by atoms with van der Waals surface area (Å²) in [5.41, 5.74) is 0.727. The van der Waals surface area contributed by atoms with Gasteiger partial charge in [-0.2, -0.15) is 9.57 Å². The van der Waals surface area contributed by atoms with Gasteiger partial charge in [0.25, 0.3) is 0 Å². The number of likely N-dealkylation sites (N-methyl/N-ethyl adjacent to an activating group) is 1. The van der Waals surface area contributed by atoms with Crippen molar-refractivity contribution < 1.29 is 17.6 Å². The minimum Gasteiger partial charge on any atom is -0.362 e. The smallest absolute Gasteiger partial charge is 0.244 e. The summed E-state index contributed by atoms with van der Waals surface area (Å²) in [6.07, 6.45) is 0. The van der Waals surface area contributed by atoms with Gasteiger partial charge in [-0.15, -0.1) is 0 Å². The number of hydrogen-bond donors (Lipinski definition) is 0. The van der Waals surface area contributed by atoms with E-state index in [-0.39, 0.29) is 54.9 Å². The van der Waals surface area contributed by atoms with E-state index in [1.54, 1.807) is 34.1 Å². The molecule has 1 aliphatic rings. The molecule has 1 aliphatic heterocycles. The quantitative estimate of drug-likeness (QED) is 0.700. The van der Waals surface area contributed by atoms with Crippen LogP contribution >= 0.6 is 0 Å². The van der Waals surface area contributed by atoms with Crippen molar-refractivity contribution in [2.75, 3.05) is 44.2 Å². The van der Waals surface area contributed by atoms with Crippen LogP contribution in [0.15, 0.2) is 53.4 Å². The summed E-state index contributed by atoms with van der Waals surface area (Å²) < 4.78 is 40.6. The normalized spacial score (nSPS) is 14.9. The molecule has 2 aromatic rings. The van der Waals surface area contributed by atoms with Gasteiger partial charge in [-0.05, 0) is 37.3 Å². The molecule has 7 nitrogen and oxygen atoms in total. The number of benzene rings is 2. The highest BCUT2D eigenvalue weighted by atomic mass is 32.2. The molecule has 0 aliphatic carbocycles. The first-order valence-corrected chi connectivity index (χ1v) is 11.1. The summed E-state index contributed by atoms with van der Waals surface area (Å²) >= 11 is 0. The first-order chi connectivity index (χ1) is 14.4. The van der Waals surface area contributed by atoms with Gasteiger partial charge in [-0.3, -0.25) is 4.79 Å². The van der Waals surface area contributed by atoms with Crippen molar-refractivity contribution in [2.24, 2.45) is 0 Å². The number of carbonyl (C=O) groups excluding carboxylic acids is 1. The molecule has 0 aromatic heterocycles. The van der Waals surface area contributed by atoms with Crippen molar-refractivity contribution in [1.29, 1.82) is 5.26 Å². The molecule has 2 aromatic carbocycles. The monoisotopic (exact) mass is 430 g/mol. The van der Waals surface area contributed by atoms with Gasteiger partial charge in [0.1, 0.15) is 11.9 Å². The number of nitriles is 1. The molecule has 1 saturated heterocycles. The third-order valence-corrected chi connectivity index (χ3v) is 7.05. The fourth-order valence-electron chi connectivity index (χ4n) is 3.42. The maximum absolute atomic E-state index is 13.5. The van der Waals surface area contributed by atoms with Gasteiger partial charge < -0.3 is 9.80 Å². The Morgan fingerprint density at radius 1 is 1.13 bits per heavy atom. The van der Waals surface area contributed by atoms with Gasteiger partial charge in [0.05, 0.1) is 17.0 Å². The lowest BCUT2D eigenvalue weighted by molar-refractivity contribution is -0.130. The van der Waals surface area contributed by atoms with E-state index < -0.39 is 10.0 Å². The minimum absolute atomic E-state index is 0.0180. The Balaban J connectivity index is 1.65. The van der Waals surface area contributed by atoms with Crippen LogP contribution in [-0.4, -0.2) is 62.8 Å². The molecule has 9 heteroatoms. The maximum Gasteiger partial charge on any atom is 0.244 e. The highest BCUT2D eigenvalue weighted by molar-refractivity contribution is 7.89. The third-order valence-electron chi connectivity index (χ3n) is 5.10. The molecule has 0 bridgehead atoms. The van der Waals surface area contributed by atoms with E-state index in [1.165, 1.54) is 28.6 Å². The van der Waals surface area contributed by atoms with E-state index in [0.29, 0.717) is 12.2 Å². The van der Waals surface area contributed by atoms with E-state index in [4.69, 9.17) is 0 Å². The number of piperazine rings is 1. The van der Waals surface area contributed by atoms with E-state index in [1.807, 2.05) is 13.0 Å². The summed E-state index contributed by atoms with van der Waals surface area (Å²) in [6, 6.07) is 14.1. The summed E-state index contributed by atoms with van der Waals surface area (Å²) in [5, 5.41) is 9.20. The zero-order chi connectivity index (χ0) is 21.7. The number of sulfonamides is 1. The van der Waals surface area contributed by atoms with Crippen LogP contribution in [0.3, 0.4) is 0 Å². The van der Waals surface area contributed by atoms with Crippen molar-refractivity contribution in [1.82, 2.24) is 9.21 Å². The molecule has 0 radical (unpaired) electrons. The number of anilines is 1. The predicted molar refractivity (Wildman–Crippen MR) is 111 cm³/mol. The Morgan fingerprint density at radius 3 is 2.47 bits per heavy atom. The van der Waals surface area contributed by atoms with Crippen LogP contribution in [0.4, 0.5) is 10.1 Å². The lowest BCUT2D eigenvalue weighted by Gasteiger charge is -2.35. The van der Waals surface area contributed by atoms with Crippen molar-refractivity contribution in [3.63, 3.8) is 0 Å². The van der Waals surface area contributed by atoms with Crippen LogP contribution in [0.2, 0.25) is 0 Å². The molecule has 0 unspecified atom stereocenters. The lowest BCUT2D eigenvalue weighted by Crippen LogP contribution is -2.52. The van der Waals surface area contributed by atoms with Crippen molar-refractivity contribution in [3.8, 4) is 6.07 Å². The SMILES string of the molecule is CCN(CC(=O)N1CCN(S(=O)(=O)c2ccccc2C#N)CC1)c1cccc(F)c1. The summed E-state index contributed by atoms with van der Waals surface area (Å²) in [6.45, 7) is 3.33. The average molecular weight is 431 g/mol. The molecule has 30 heavy (non-hydrogen) atoms. The zero-order valence-electron chi connectivity index (χ0n) is 16.7. The second-order valence-corrected chi connectivity index (χ2v) is 8.79. The van der Waals surface area contributed by atoms with Crippen molar-refractivity contribution in [2.45, 2.75) is 11.8 Å². The standard InChI is InChI=1S/C21H23FN4O3S/c1-2-24(19-8-5-7-18(22)14-19)16-21(27)25-10-12-26(13-11-25)30(28,29)20-9-4-3-6-17(20)15-23/h3-9,14H,2,10-13,16H2,1H3. The van der Waals surface area contributed by atoms with E-state index >= 15 is 0 Å². The number of hydrogen-bond acceptors (Lipinski definition) is 5. The van der Waals surface area contributed by atoms with Crippen LogP contribution in [-0.2, 0) is 14.8 Å². The van der Waals surface area contributed by atoms with Crippen LogP contribution < -0.4 is 4.90 Å². The Bertz CT molecular complexity index is 1060. The Hall–Kier alpha value is -2.96. The van der Waals surface area contributed by atoms with Gasteiger partial charge in [-0.25, -0.2) is 12.8 Å². The second-order valence-electron chi connectivity index (χ2n) is 6.89. The number of nitrogens with zero attached hydrogens (tertiary/aromatic N) is 4. The maximum atomic E-state index is 13.5. The van der Waals surface area contributed by atoms with Crippen LogP contribution in [0, 0.1) is 17.1 Å². The topological polar surface area (TPSA) is 84.7 Å². The molecular weight excluding hydrogens is 407 g/mol. The first-order valence-electron chi connectivity index (χ1n) is 9.64. The highest BCUT2D eigenvalue weighted by Gasteiger charge is 2.31. The fraction of sp³-hybridized carbons (Fsp3) is 0.333. The fourth-order valence-corrected chi connectivity index (χ4v) is 4.99. The van der Waals surface area contributed by atoms with Crippen LogP contribution in [0.25, 0.3) is 0 Å². The van der Waals surface area contributed by atoms with Crippen molar-refractivity contribution in [3.05, 3.63) is 59.9 Å². The molecule has 0 saturated carbocycles. The number of amides is 1. The van der Waals surface area contributed by atoms with Crippen LogP contribution in [0.1, 0.15) is 12.5 Å². The first kappa shape index (κ1) is 21.7. The largest absolute Gasteiger partial charge is 0.362 e. The molecule has 3 rings (SSSR count). The Labute approximate surface area is 176 Å². The third kappa shape index (κ3) is 4.61. The minimum atomic E-state index is -3.81. The summed E-state index contributed by atoms with van der Waals surface area (Å²) in [5.74, 6) is -0.509. The summed E-state index contributed by atoms with van der Waals surface area (Å²) in [7, 11) is -3.81. The zero-order valence-corrected chi connectivity index (χ0v) is 17.5. The highest BCUT2D eigenvalue weighted by Crippen LogP contribution is 2.21. The summed E-state index contributed by atoms with van der Waals surface area (Å²) in [4.78, 5) is 16.1. The molecular formula is C21H23FN4O3S. The molecule has 1 amide bonds. The Kier molecular flexibility index (Phi) is 6.70. The Morgan fingerprint density at radius 2 is 1.83 bits per heavy atom. The van der Waals surface area contributed by atoms with Gasteiger partial charge in [0, 0.05) is 38.4 Å². The van der Waals surface area contributed by atoms with Gasteiger partial charge in [0.2, 0.25) is 15.9 Å². The number of carbonyl (C=O) groups is 1. The van der Waals surface area contributed by atoms with Gasteiger partial charge >= 0.3 is 0 Å². The molecule has 0 spiro atoms. The molecule has 1 heterocycles. The number of rotatable bonds is 6. The molecule has 158 valence electrons. The van der Waals surface area contributed by atoms with E-state index in [9.17, 15) is 22.9 Å². The van der Waals surface area contributed by atoms with E-state index in [0.717, 1.165) is 0 Å². The van der Waals surface area contributed by atoms with E-state index in [2.05, 4.69) is 0 Å². The second kappa shape index (κ2) is 9.24. The lowest BCUT2D eigenvalue weighted by atomic mass is 10.2. The molecule has 0 atom stereocenters. The van der Waals surface area contributed by atoms with Crippen LogP contribution in [0.5, 0.6) is 0 Å². The predicted octanol–water partition coefficient (Wildman–Crippen LogP) is 2.06. The molecule has 0 N–H and O–H groups in total. The van der Waals surface area contributed by atoms with Gasteiger partial charge in [-0.1, -0.05) is 18.2 Å². The van der Waals surface area contributed by atoms with Crippen molar-refractivity contribution >= 4 is 21.6 Å². The molecule has 1 fully saturated rings. The average Bonchev–Trinajstić information content (AvgIpc) is 2.77. The van der Waals surface area contributed by atoms with Gasteiger partial charge in [0.15, 0.2) is 0 Å². The number of halogens is 1.